The van der Waals surface area contributed by atoms with E-state index in [1.54, 1.807) is 0 Å². The molecule has 0 atom stereocenters. The highest BCUT2D eigenvalue weighted by Crippen LogP contribution is 2.27. The number of rotatable bonds is 5. The average molecular weight is 359 g/mol. The summed E-state index contributed by atoms with van der Waals surface area (Å²) in [5.74, 6) is -1.04. The lowest BCUT2D eigenvalue weighted by Crippen LogP contribution is -2.38. The predicted octanol–water partition coefficient (Wildman–Crippen LogP) is 1.91. The maximum absolute atomic E-state index is 12.1. The summed E-state index contributed by atoms with van der Waals surface area (Å²) in [6, 6.07) is 7.80. The summed E-state index contributed by atoms with van der Waals surface area (Å²) >= 11 is 2.19. The third kappa shape index (κ3) is 3.44. The van der Waals surface area contributed by atoms with Gasteiger partial charge in [0, 0.05) is 9.61 Å². The Labute approximate surface area is 119 Å². The van der Waals surface area contributed by atoms with Crippen LogP contribution in [-0.4, -0.2) is 34.5 Å². The van der Waals surface area contributed by atoms with Gasteiger partial charge >= 0.3 is 5.97 Å². The molecule has 5 heteroatoms. The molecule has 1 amide bonds. The first-order valence-electron chi connectivity index (χ1n) is 5.82. The van der Waals surface area contributed by atoms with Crippen molar-refractivity contribution < 1.29 is 14.7 Å². The van der Waals surface area contributed by atoms with Gasteiger partial charge in [-0.2, -0.15) is 0 Å². The van der Waals surface area contributed by atoms with Crippen LogP contribution in [0.15, 0.2) is 24.3 Å². The Hall–Kier alpha value is -1.11. The minimum absolute atomic E-state index is 0.0935. The fourth-order valence-corrected chi connectivity index (χ4v) is 2.44. The van der Waals surface area contributed by atoms with Crippen LogP contribution >= 0.6 is 22.6 Å². The van der Waals surface area contributed by atoms with Crippen LogP contribution < -0.4 is 0 Å². The summed E-state index contributed by atoms with van der Waals surface area (Å²) in [6.07, 6.45) is 2.12. The molecule has 0 heterocycles. The summed E-state index contributed by atoms with van der Waals surface area (Å²) in [5.41, 5.74) is 0.958. The third-order valence-corrected chi connectivity index (χ3v) is 3.97. The number of carbonyl (C=O) groups is 2. The molecule has 1 aliphatic carbocycles. The second-order valence-corrected chi connectivity index (χ2v) is 5.58. The minimum Gasteiger partial charge on any atom is -0.480 e. The summed E-state index contributed by atoms with van der Waals surface area (Å²) in [4.78, 5) is 24.4. The van der Waals surface area contributed by atoms with Crippen LogP contribution in [0.25, 0.3) is 0 Å². The van der Waals surface area contributed by atoms with Gasteiger partial charge in [-0.05, 0) is 47.1 Å². The van der Waals surface area contributed by atoms with Crippen molar-refractivity contribution in [2.45, 2.75) is 25.3 Å². The minimum atomic E-state index is -0.946. The van der Waals surface area contributed by atoms with Crippen LogP contribution in [0.3, 0.4) is 0 Å². The number of carboxylic acids is 1. The molecule has 1 aromatic carbocycles. The summed E-state index contributed by atoms with van der Waals surface area (Å²) in [7, 11) is 0. The second-order valence-electron chi connectivity index (χ2n) is 4.41. The van der Waals surface area contributed by atoms with E-state index in [0.717, 1.165) is 22.0 Å². The number of aliphatic carboxylic acids is 1. The van der Waals surface area contributed by atoms with Crippen molar-refractivity contribution in [2.75, 3.05) is 6.54 Å². The molecule has 0 bridgehead atoms. The molecular weight excluding hydrogens is 345 g/mol. The summed E-state index contributed by atoms with van der Waals surface area (Å²) < 4.78 is 1.04. The fourth-order valence-electron chi connectivity index (χ4n) is 1.86. The highest BCUT2D eigenvalue weighted by molar-refractivity contribution is 14.1. The van der Waals surface area contributed by atoms with Crippen LogP contribution in [0, 0.1) is 3.57 Å². The molecule has 0 radical (unpaired) electrons. The molecule has 1 fully saturated rings. The van der Waals surface area contributed by atoms with Gasteiger partial charge in [0.05, 0.1) is 6.42 Å². The standard InChI is InChI=1S/C13H14INO3/c14-11-4-2-1-3-9(11)7-12(16)15(8-13(17)18)10-5-6-10/h1-4,10H,5-8H2,(H,17,18). The molecule has 0 unspecified atom stereocenters. The molecule has 4 nitrogen and oxygen atoms in total. The largest absolute Gasteiger partial charge is 0.480 e. The Morgan fingerprint density at radius 1 is 1.33 bits per heavy atom. The molecule has 18 heavy (non-hydrogen) atoms. The number of benzene rings is 1. The van der Waals surface area contributed by atoms with Gasteiger partial charge in [-0.1, -0.05) is 18.2 Å². The Balaban J connectivity index is 2.05. The number of amides is 1. The maximum Gasteiger partial charge on any atom is 0.323 e. The van der Waals surface area contributed by atoms with Gasteiger partial charge in [-0.3, -0.25) is 9.59 Å². The lowest BCUT2D eigenvalue weighted by molar-refractivity contribution is -0.144. The van der Waals surface area contributed by atoms with Crippen molar-refractivity contribution in [3.05, 3.63) is 33.4 Å². The zero-order valence-corrected chi connectivity index (χ0v) is 12.0. The van der Waals surface area contributed by atoms with Gasteiger partial charge in [-0.25, -0.2) is 0 Å². The number of nitrogens with zero attached hydrogens (tertiary/aromatic N) is 1. The second kappa shape index (κ2) is 5.69. The van der Waals surface area contributed by atoms with E-state index in [1.165, 1.54) is 4.90 Å². The van der Waals surface area contributed by atoms with E-state index in [1.807, 2.05) is 24.3 Å². The van der Waals surface area contributed by atoms with Gasteiger partial charge in [-0.15, -0.1) is 0 Å². The molecule has 1 aliphatic rings. The fraction of sp³-hybridized carbons (Fsp3) is 0.385. The Bertz CT molecular complexity index is 471. The molecule has 0 saturated heterocycles. The molecule has 96 valence electrons. The lowest BCUT2D eigenvalue weighted by Gasteiger charge is -2.20. The van der Waals surface area contributed by atoms with Crippen molar-refractivity contribution in [1.29, 1.82) is 0 Å². The van der Waals surface area contributed by atoms with E-state index in [9.17, 15) is 9.59 Å². The van der Waals surface area contributed by atoms with Crippen LogP contribution in [0.2, 0.25) is 0 Å². The van der Waals surface area contributed by atoms with E-state index in [2.05, 4.69) is 22.6 Å². The quantitative estimate of drug-likeness (QED) is 0.818. The van der Waals surface area contributed by atoms with E-state index < -0.39 is 5.97 Å². The average Bonchev–Trinajstić information content (AvgIpc) is 3.12. The zero-order valence-electron chi connectivity index (χ0n) is 9.80. The zero-order chi connectivity index (χ0) is 13.1. The summed E-state index contributed by atoms with van der Waals surface area (Å²) in [6.45, 7) is -0.188. The van der Waals surface area contributed by atoms with Crippen molar-refractivity contribution in [2.24, 2.45) is 0 Å². The van der Waals surface area contributed by atoms with E-state index >= 15 is 0 Å². The number of carboxylic acid groups (broad SMARTS) is 1. The number of hydrogen-bond donors (Lipinski definition) is 1. The van der Waals surface area contributed by atoms with Gasteiger partial charge in [0.1, 0.15) is 6.54 Å². The van der Waals surface area contributed by atoms with Crippen molar-refractivity contribution in [1.82, 2.24) is 4.90 Å². The van der Waals surface area contributed by atoms with Crippen LogP contribution in [0.1, 0.15) is 18.4 Å². The first-order valence-corrected chi connectivity index (χ1v) is 6.90. The van der Waals surface area contributed by atoms with Crippen LogP contribution in [0.5, 0.6) is 0 Å². The topological polar surface area (TPSA) is 57.6 Å². The SMILES string of the molecule is O=C(O)CN(C(=O)Cc1ccccc1I)C1CC1. The molecule has 0 aliphatic heterocycles. The molecular formula is C13H14INO3. The smallest absolute Gasteiger partial charge is 0.323 e. The van der Waals surface area contributed by atoms with E-state index in [-0.39, 0.29) is 24.9 Å². The molecule has 1 saturated carbocycles. The van der Waals surface area contributed by atoms with Gasteiger partial charge in [0.2, 0.25) is 5.91 Å². The van der Waals surface area contributed by atoms with Crippen molar-refractivity contribution in [3.63, 3.8) is 0 Å². The molecule has 0 aromatic heterocycles. The van der Waals surface area contributed by atoms with Crippen LogP contribution in [-0.2, 0) is 16.0 Å². The predicted molar refractivity (Wildman–Crippen MR) is 75.2 cm³/mol. The highest BCUT2D eigenvalue weighted by atomic mass is 127. The van der Waals surface area contributed by atoms with Gasteiger partial charge in [0.15, 0.2) is 0 Å². The number of carbonyl (C=O) groups excluding carboxylic acids is 1. The number of halogens is 1. The van der Waals surface area contributed by atoms with E-state index in [0.29, 0.717) is 0 Å². The molecule has 0 spiro atoms. The van der Waals surface area contributed by atoms with Gasteiger partial charge < -0.3 is 10.0 Å². The first-order chi connectivity index (χ1) is 8.58. The van der Waals surface area contributed by atoms with Crippen LogP contribution in [0.4, 0.5) is 0 Å². The molecule has 2 rings (SSSR count). The van der Waals surface area contributed by atoms with Crippen molar-refractivity contribution in [3.8, 4) is 0 Å². The number of hydrogen-bond acceptors (Lipinski definition) is 2. The summed E-state index contributed by atoms with van der Waals surface area (Å²) in [5, 5.41) is 8.83. The first kappa shape index (κ1) is 13.3. The van der Waals surface area contributed by atoms with E-state index in [4.69, 9.17) is 5.11 Å². The molecule has 1 aromatic rings. The Kier molecular flexibility index (Phi) is 4.21. The maximum atomic E-state index is 12.1. The third-order valence-electron chi connectivity index (χ3n) is 2.91. The Morgan fingerprint density at radius 3 is 2.56 bits per heavy atom. The van der Waals surface area contributed by atoms with Gasteiger partial charge in [0.25, 0.3) is 0 Å². The Morgan fingerprint density at radius 2 is 2.00 bits per heavy atom. The molecule has 1 N–H and O–H groups in total. The van der Waals surface area contributed by atoms with Crippen molar-refractivity contribution >= 4 is 34.5 Å². The normalized spacial score (nSPS) is 14.3. The highest BCUT2D eigenvalue weighted by Gasteiger charge is 2.33. The lowest BCUT2D eigenvalue weighted by atomic mass is 10.1. The monoisotopic (exact) mass is 359 g/mol.